The molecule has 0 aliphatic carbocycles. The maximum atomic E-state index is 13.7. The second-order valence-electron chi connectivity index (χ2n) is 9.91. The Morgan fingerprint density at radius 1 is 0.806 bits per heavy atom. The molecule has 3 rings (SSSR count). The Morgan fingerprint density at radius 2 is 1.42 bits per heavy atom. The number of halogens is 1. The first kappa shape index (κ1) is 27.1. The molecule has 3 aromatic carbocycles. The van der Waals surface area contributed by atoms with Gasteiger partial charge in [-0.3, -0.25) is 9.59 Å². The summed E-state index contributed by atoms with van der Waals surface area (Å²) in [6.07, 6.45) is 1.26. The monoisotopic (exact) mass is 488 g/mol. The normalized spacial score (nSPS) is 12.0. The Bertz CT molecular complexity index is 1110. The average molecular weight is 489 g/mol. The van der Waals surface area contributed by atoms with Crippen LogP contribution in [0.4, 0.5) is 4.39 Å². The van der Waals surface area contributed by atoms with E-state index in [0.717, 1.165) is 16.7 Å². The highest BCUT2D eigenvalue weighted by Crippen LogP contribution is 2.19. The molecule has 190 valence electrons. The lowest BCUT2D eigenvalue weighted by Gasteiger charge is -2.32. The SMILES string of the molecule is CC(C)NC(=O)[C@H](Cc1ccccc1)N(Cc1ccc(F)cc1)C(=O)CCc1ccc(C(C)C)cc1. The summed E-state index contributed by atoms with van der Waals surface area (Å²) in [6, 6.07) is 23.4. The molecular formula is C31H37FN2O2. The number of nitrogens with one attached hydrogen (secondary N) is 1. The van der Waals surface area contributed by atoms with Gasteiger partial charge in [0.1, 0.15) is 11.9 Å². The van der Waals surface area contributed by atoms with Gasteiger partial charge in [-0.25, -0.2) is 4.39 Å². The highest BCUT2D eigenvalue weighted by Gasteiger charge is 2.30. The van der Waals surface area contributed by atoms with Crippen LogP contribution < -0.4 is 5.32 Å². The summed E-state index contributed by atoms with van der Waals surface area (Å²) in [5, 5.41) is 2.99. The molecule has 0 aliphatic rings. The molecule has 0 heterocycles. The van der Waals surface area contributed by atoms with E-state index in [2.05, 4.69) is 43.4 Å². The number of rotatable bonds is 11. The quantitative estimate of drug-likeness (QED) is 0.357. The highest BCUT2D eigenvalue weighted by atomic mass is 19.1. The van der Waals surface area contributed by atoms with Crippen molar-refractivity contribution in [3.8, 4) is 0 Å². The van der Waals surface area contributed by atoms with Crippen molar-refractivity contribution in [2.24, 2.45) is 0 Å². The molecule has 5 heteroatoms. The number of carbonyl (C=O) groups excluding carboxylic acids is 2. The molecule has 1 N–H and O–H groups in total. The molecule has 0 aromatic heterocycles. The van der Waals surface area contributed by atoms with Gasteiger partial charge in [-0.2, -0.15) is 0 Å². The van der Waals surface area contributed by atoms with Crippen LogP contribution in [0.25, 0.3) is 0 Å². The Hall–Kier alpha value is -3.47. The molecule has 3 aromatic rings. The Kier molecular flexibility index (Phi) is 9.80. The molecular weight excluding hydrogens is 451 g/mol. The van der Waals surface area contributed by atoms with E-state index in [9.17, 15) is 14.0 Å². The molecule has 0 saturated carbocycles. The minimum Gasteiger partial charge on any atom is -0.352 e. The molecule has 2 amide bonds. The molecule has 0 aliphatic heterocycles. The second-order valence-corrected chi connectivity index (χ2v) is 9.91. The van der Waals surface area contributed by atoms with Crippen molar-refractivity contribution in [1.29, 1.82) is 0 Å². The van der Waals surface area contributed by atoms with Gasteiger partial charge in [0.25, 0.3) is 0 Å². The van der Waals surface area contributed by atoms with Crippen molar-refractivity contribution < 1.29 is 14.0 Å². The molecule has 0 saturated heterocycles. The molecule has 0 bridgehead atoms. The zero-order chi connectivity index (χ0) is 26.1. The van der Waals surface area contributed by atoms with E-state index >= 15 is 0 Å². The van der Waals surface area contributed by atoms with E-state index in [4.69, 9.17) is 0 Å². The molecule has 4 nitrogen and oxygen atoms in total. The van der Waals surface area contributed by atoms with Crippen LogP contribution in [0.2, 0.25) is 0 Å². The van der Waals surface area contributed by atoms with Crippen LogP contribution in [-0.2, 0) is 29.0 Å². The molecule has 36 heavy (non-hydrogen) atoms. The molecule has 1 atom stereocenters. The first-order valence-corrected chi connectivity index (χ1v) is 12.7. The summed E-state index contributed by atoms with van der Waals surface area (Å²) >= 11 is 0. The average Bonchev–Trinajstić information content (AvgIpc) is 2.86. The van der Waals surface area contributed by atoms with Gasteiger partial charge in [0.15, 0.2) is 0 Å². The summed E-state index contributed by atoms with van der Waals surface area (Å²) in [4.78, 5) is 28.7. The van der Waals surface area contributed by atoms with E-state index in [-0.39, 0.29) is 36.6 Å². The van der Waals surface area contributed by atoms with Gasteiger partial charge < -0.3 is 10.2 Å². The van der Waals surface area contributed by atoms with Crippen LogP contribution in [0, 0.1) is 5.82 Å². The summed E-state index contributed by atoms with van der Waals surface area (Å²) in [6.45, 7) is 8.35. The third kappa shape index (κ3) is 8.04. The number of hydrogen-bond donors (Lipinski definition) is 1. The lowest BCUT2D eigenvalue weighted by molar-refractivity contribution is -0.141. The Labute approximate surface area is 214 Å². The number of hydrogen-bond acceptors (Lipinski definition) is 2. The van der Waals surface area contributed by atoms with Crippen molar-refractivity contribution in [1.82, 2.24) is 10.2 Å². The lowest BCUT2D eigenvalue weighted by Crippen LogP contribution is -2.51. The van der Waals surface area contributed by atoms with E-state index < -0.39 is 6.04 Å². The topological polar surface area (TPSA) is 49.4 Å². The summed E-state index contributed by atoms with van der Waals surface area (Å²) in [5.74, 6) is -0.178. The van der Waals surface area contributed by atoms with Gasteiger partial charge in [-0.15, -0.1) is 0 Å². The van der Waals surface area contributed by atoms with Gasteiger partial charge in [-0.1, -0.05) is 80.6 Å². The number of benzene rings is 3. The zero-order valence-electron chi connectivity index (χ0n) is 21.7. The van der Waals surface area contributed by atoms with Crippen LogP contribution in [0.5, 0.6) is 0 Å². The third-order valence-electron chi connectivity index (χ3n) is 6.24. The van der Waals surface area contributed by atoms with Crippen LogP contribution >= 0.6 is 0 Å². The number of carbonyl (C=O) groups is 2. The maximum absolute atomic E-state index is 13.7. The molecule has 0 unspecified atom stereocenters. The van der Waals surface area contributed by atoms with Crippen LogP contribution in [0.15, 0.2) is 78.9 Å². The van der Waals surface area contributed by atoms with Crippen LogP contribution in [0.3, 0.4) is 0 Å². The third-order valence-corrected chi connectivity index (χ3v) is 6.24. The largest absolute Gasteiger partial charge is 0.352 e. The van der Waals surface area contributed by atoms with E-state index in [1.165, 1.54) is 17.7 Å². The first-order valence-electron chi connectivity index (χ1n) is 12.7. The van der Waals surface area contributed by atoms with Crippen molar-refractivity contribution in [3.63, 3.8) is 0 Å². The molecule has 0 fully saturated rings. The molecule has 0 spiro atoms. The lowest BCUT2D eigenvalue weighted by atomic mass is 9.99. The predicted octanol–water partition coefficient (Wildman–Crippen LogP) is 6.05. The fraction of sp³-hybridized carbons (Fsp3) is 0.355. The fourth-order valence-corrected chi connectivity index (χ4v) is 4.19. The second kappa shape index (κ2) is 13.0. The van der Waals surface area contributed by atoms with Crippen molar-refractivity contribution in [2.75, 3.05) is 0 Å². The number of nitrogens with zero attached hydrogens (tertiary/aromatic N) is 1. The smallest absolute Gasteiger partial charge is 0.243 e. The minimum atomic E-state index is -0.685. The Morgan fingerprint density at radius 3 is 2.00 bits per heavy atom. The number of amides is 2. The van der Waals surface area contributed by atoms with Gasteiger partial charge in [0.2, 0.25) is 11.8 Å². The van der Waals surface area contributed by atoms with E-state index in [0.29, 0.717) is 18.8 Å². The summed E-state index contributed by atoms with van der Waals surface area (Å²) in [7, 11) is 0. The number of aryl methyl sites for hydroxylation is 1. The van der Waals surface area contributed by atoms with Gasteiger partial charge in [0, 0.05) is 25.4 Å². The highest BCUT2D eigenvalue weighted by molar-refractivity contribution is 5.88. The van der Waals surface area contributed by atoms with Crippen molar-refractivity contribution >= 4 is 11.8 Å². The van der Waals surface area contributed by atoms with Crippen LogP contribution in [0.1, 0.15) is 62.3 Å². The predicted molar refractivity (Wildman–Crippen MR) is 143 cm³/mol. The van der Waals surface area contributed by atoms with Crippen molar-refractivity contribution in [2.45, 2.75) is 71.5 Å². The fourth-order valence-electron chi connectivity index (χ4n) is 4.19. The standard InChI is InChI=1S/C31H37FN2O2/c1-22(2)27-15-10-24(11-16-27)14-19-30(35)34(21-26-12-17-28(32)18-13-26)29(31(36)33-23(3)4)20-25-8-6-5-7-9-25/h5-13,15-18,22-23,29H,14,19-21H2,1-4H3,(H,33,36)/t29-/m0/s1. The summed E-state index contributed by atoms with van der Waals surface area (Å²) in [5.41, 5.74) is 4.10. The first-order chi connectivity index (χ1) is 17.2. The van der Waals surface area contributed by atoms with E-state index in [1.54, 1.807) is 17.0 Å². The zero-order valence-corrected chi connectivity index (χ0v) is 21.7. The van der Waals surface area contributed by atoms with Gasteiger partial charge in [0.05, 0.1) is 0 Å². The van der Waals surface area contributed by atoms with Crippen molar-refractivity contribution in [3.05, 3.63) is 107 Å². The molecule has 0 radical (unpaired) electrons. The summed E-state index contributed by atoms with van der Waals surface area (Å²) < 4.78 is 13.5. The maximum Gasteiger partial charge on any atom is 0.243 e. The Balaban J connectivity index is 1.87. The minimum absolute atomic E-state index is 0.0574. The van der Waals surface area contributed by atoms with E-state index in [1.807, 2.05) is 44.2 Å². The van der Waals surface area contributed by atoms with Gasteiger partial charge in [-0.05, 0) is 60.6 Å². The van der Waals surface area contributed by atoms with Gasteiger partial charge >= 0.3 is 0 Å². The van der Waals surface area contributed by atoms with Crippen LogP contribution in [-0.4, -0.2) is 28.8 Å².